The number of rotatable bonds is 65. The summed E-state index contributed by atoms with van der Waals surface area (Å²) < 4.78 is 90.0. The van der Waals surface area contributed by atoms with Crippen LogP contribution >= 0.6 is 0 Å². The molecule has 3 heterocycles. The third kappa shape index (κ3) is 50.6. The maximum atomic E-state index is 14.6. The molecule has 47 nitrogen and oxygen atoms in total. The quantitative estimate of drug-likeness (QED) is 0.0240. The summed E-state index contributed by atoms with van der Waals surface area (Å²) in [5, 5.41) is 27.7. The smallest absolute Gasteiger partial charge is 0.306 e. The highest BCUT2D eigenvalue weighted by Crippen LogP contribution is 2.32. The van der Waals surface area contributed by atoms with Crippen molar-refractivity contribution in [3.8, 4) is 0 Å². The molecule has 10 amide bonds. The minimum atomic E-state index is -1.32. The fraction of sp³-hybridized carbons (Fsp3) is 0.714. The van der Waals surface area contributed by atoms with E-state index in [1.54, 1.807) is 0 Å². The van der Waals surface area contributed by atoms with E-state index in [9.17, 15) is 95.9 Å². The van der Waals surface area contributed by atoms with Crippen LogP contribution in [0.4, 0.5) is 0 Å². The second-order valence-corrected chi connectivity index (χ2v) is 33.1. The lowest BCUT2D eigenvalue weighted by Gasteiger charge is -2.44. The summed E-state index contributed by atoms with van der Waals surface area (Å²) in [6, 6.07) is 4.42. The lowest BCUT2D eigenvalue weighted by molar-refractivity contribution is -0.277. The van der Waals surface area contributed by atoms with Gasteiger partial charge in [-0.05, 0) is 89.0 Å². The Morgan fingerprint density at radius 2 is 0.601 bits per heavy atom. The van der Waals surface area contributed by atoms with Crippen molar-refractivity contribution in [3.63, 3.8) is 0 Å². The van der Waals surface area contributed by atoms with E-state index in [0.29, 0.717) is 64.2 Å². The molecule has 3 saturated heterocycles. The number of unbranched alkanes of at least 4 members (excludes halogenated alkanes) is 7. The molecule has 10 N–H and O–H groups in total. The Hall–Kier alpha value is -11.7. The molecule has 16 unspecified atom stereocenters. The highest BCUT2D eigenvalue weighted by Gasteiger charge is 2.55. The average molecular weight is 1970 g/mol. The molecule has 0 aliphatic carbocycles. The zero-order valence-electron chi connectivity index (χ0n) is 80.9. The van der Waals surface area contributed by atoms with E-state index < -0.39 is 226 Å². The lowest BCUT2D eigenvalue weighted by Crippen LogP contribution is -2.66. The van der Waals surface area contributed by atoms with E-state index in [2.05, 4.69) is 53.2 Å². The van der Waals surface area contributed by atoms with E-state index >= 15 is 0 Å². The number of hydrogen-bond acceptors (Lipinski definition) is 37. The summed E-state index contributed by atoms with van der Waals surface area (Å²) >= 11 is 0. The molecule has 3 aliphatic heterocycles. The van der Waals surface area contributed by atoms with Gasteiger partial charge in [-0.25, -0.2) is 0 Å². The van der Waals surface area contributed by atoms with Crippen molar-refractivity contribution in [2.75, 3.05) is 98.5 Å². The molecule has 776 valence electrons. The molecule has 1 aromatic carbocycles. The van der Waals surface area contributed by atoms with Gasteiger partial charge in [-0.15, -0.1) is 0 Å². The van der Waals surface area contributed by atoms with Crippen LogP contribution in [0.1, 0.15) is 223 Å². The van der Waals surface area contributed by atoms with Gasteiger partial charge in [0.2, 0.25) is 59.1 Å². The first-order valence-corrected chi connectivity index (χ1v) is 46.6. The van der Waals surface area contributed by atoms with Gasteiger partial charge in [0.1, 0.15) is 62.9 Å². The molecule has 0 radical (unpaired) electrons. The second-order valence-electron chi connectivity index (χ2n) is 33.1. The summed E-state index contributed by atoms with van der Waals surface area (Å²) in [5.74, 6) is -11.9. The summed E-state index contributed by atoms with van der Waals surface area (Å²) in [6.07, 6.45) is -9.67. The molecule has 1 aromatic rings. The van der Waals surface area contributed by atoms with Gasteiger partial charge in [0.15, 0.2) is 55.5 Å². The van der Waals surface area contributed by atoms with Crippen molar-refractivity contribution in [1.29, 1.82) is 0 Å². The van der Waals surface area contributed by atoms with Crippen LogP contribution < -0.4 is 53.2 Å². The van der Waals surface area contributed by atoms with Gasteiger partial charge in [0.25, 0.3) is 0 Å². The summed E-state index contributed by atoms with van der Waals surface area (Å²) in [6.45, 7) is 12.3. The number of carbonyl (C=O) groups is 20. The monoisotopic (exact) mass is 1960 g/mol. The molecule has 138 heavy (non-hydrogen) atoms. The zero-order valence-corrected chi connectivity index (χ0v) is 80.9. The van der Waals surface area contributed by atoms with Crippen LogP contribution in [0.2, 0.25) is 0 Å². The molecular weight excluding hydrogens is 1820 g/mol. The van der Waals surface area contributed by atoms with Gasteiger partial charge in [0, 0.05) is 181 Å². The molecule has 3 aliphatic rings. The first-order chi connectivity index (χ1) is 65.7. The Bertz CT molecular complexity index is 3950. The first kappa shape index (κ1) is 119. The molecule has 0 saturated carbocycles. The number of hydrogen-bond donors (Lipinski definition) is 10. The van der Waals surface area contributed by atoms with Crippen molar-refractivity contribution in [2.45, 2.75) is 323 Å². The number of carbonyl (C=O) groups excluding carboxylic acids is 20. The van der Waals surface area contributed by atoms with E-state index in [1.807, 2.05) is 30.3 Å². The van der Waals surface area contributed by atoms with Crippen molar-refractivity contribution in [1.82, 2.24) is 58.1 Å². The predicted octanol–water partition coefficient (Wildman–Crippen LogP) is 0.424. The van der Waals surface area contributed by atoms with E-state index in [0.717, 1.165) is 67.9 Å². The van der Waals surface area contributed by atoms with Crippen LogP contribution in [0.15, 0.2) is 30.3 Å². The highest BCUT2D eigenvalue weighted by molar-refractivity contribution is 5.86. The fourth-order valence-electron chi connectivity index (χ4n) is 14.8. The number of benzene rings is 1. The highest BCUT2D eigenvalue weighted by atomic mass is 16.7. The standard InChI is InChI=1S/C91H141N11O36/c1-55(103)99-79-85(133-64(10)112)82(130-61(7)109)69(52-126-58(4)106)136-89(79)123-46-24-14-19-34-72(115)93-40-28-43-96-76(119)49-102(50-77(120)97-44-29-41-94-73(116)35-20-15-25-47-124-90-80(100-56(2)104)86(134-65(11)113)83(131-62(8)110)70(137-90)53-127-59(5)107)68(33-22-23-39-92-75(118)37-27-38-78(121)129-51-67-31-17-13-18-32-67)88(122)98-45-30-42-95-74(117)36-21-16-26-48-125-91-81(101-57(3)105)87(135-66(12)114)84(132-63(9)111)71(138-91)54-128-60(6)108/h13,17-18,31-32,68-71,79-87,89-91H,14-16,19-30,33-54H2,1-12H3,(H,92,118)(H,93,115)(H,94,116)(H,95,117)(H,96,119)(H,97,120)(H,98,122)(H,99,103)(H,100,104)(H,101,105). The van der Waals surface area contributed by atoms with E-state index in [4.69, 9.17) is 75.8 Å². The Balaban J connectivity index is 1.43. The molecule has 47 heteroatoms. The average Bonchev–Trinajstić information content (AvgIpc) is 0.793. The molecule has 3 fully saturated rings. The third-order valence-corrected chi connectivity index (χ3v) is 20.9. The van der Waals surface area contributed by atoms with Crippen molar-refractivity contribution >= 4 is 119 Å². The number of amides is 10. The maximum Gasteiger partial charge on any atom is 0.306 e. The minimum Gasteiger partial charge on any atom is -0.463 e. The Kier molecular flexibility index (Phi) is 57.4. The number of nitrogens with one attached hydrogen (secondary N) is 10. The van der Waals surface area contributed by atoms with Crippen LogP contribution in [-0.4, -0.2) is 320 Å². The van der Waals surface area contributed by atoms with Crippen molar-refractivity contribution < 1.29 is 172 Å². The van der Waals surface area contributed by atoms with Gasteiger partial charge in [-0.3, -0.25) is 101 Å². The predicted molar refractivity (Wildman–Crippen MR) is 480 cm³/mol. The van der Waals surface area contributed by atoms with Crippen LogP contribution in [0.25, 0.3) is 0 Å². The van der Waals surface area contributed by atoms with Gasteiger partial charge in [-0.2, -0.15) is 0 Å². The second kappa shape index (κ2) is 66.8. The largest absolute Gasteiger partial charge is 0.463 e. The Morgan fingerprint density at radius 3 is 0.913 bits per heavy atom. The zero-order chi connectivity index (χ0) is 102. The lowest BCUT2D eigenvalue weighted by atomic mass is 9.96. The fourth-order valence-corrected chi connectivity index (χ4v) is 14.8. The summed E-state index contributed by atoms with van der Waals surface area (Å²) in [7, 11) is 0. The SMILES string of the molecule is CC(=O)NC1C(OCCCCCC(=O)NCCCNC(=O)CN(CC(=O)NCCCNC(=O)CCCCCOC2OC(COC(C)=O)C(OC(C)=O)C(OC(C)=O)C2NC(C)=O)C(CCCCNC(=O)CCCC(=O)OCc2ccccc2)C(=O)NCCCNC(=O)CCCCCOC2OC(COC(C)=O)C(OC(C)=O)C(OC(C)=O)C2NC(C)=O)OC(COC(C)=O)C(OC(C)=O)C1OC(C)=O. The van der Waals surface area contributed by atoms with Crippen LogP contribution in [0, 0.1) is 0 Å². The number of esters is 10. The van der Waals surface area contributed by atoms with Crippen molar-refractivity contribution in [2.24, 2.45) is 0 Å². The molecule has 0 bridgehead atoms. The topological polar surface area (TPSA) is 613 Å². The van der Waals surface area contributed by atoms with E-state index in [1.165, 1.54) is 25.7 Å². The number of ether oxygens (including phenoxy) is 16. The number of nitrogens with zero attached hydrogens (tertiary/aromatic N) is 1. The Labute approximate surface area is 802 Å². The van der Waals surface area contributed by atoms with Crippen LogP contribution in [-0.2, 0) is 178 Å². The summed E-state index contributed by atoms with van der Waals surface area (Å²) in [5.41, 5.74) is 0.804. The Morgan fingerprint density at radius 1 is 0.304 bits per heavy atom. The molecule has 0 aromatic heterocycles. The molecule has 4 rings (SSSR count). The maximum absolute atomic E-state index is 14.6. The summed E-state index contributed by atoms with van der Waals surface area (Å²) in [4.78, 5) is 255. The normalized spacial score (nSPS) is 21.1. The van der Waals surface area contributed by atoms with Crippen LogP contribution in [0.3, 0.4) is 0 Å². The molecule has 0 spiro atoms. The van der Waals surface area contributed by atoms with Gasteiger partial charge < -0.3 is 129 Å². The van der Waals surface area contributed by atoms with Gasteiger partial charge in [0.05, 0.1) is 19.1 Å². The van der Waals surface area contributed by atoms with E-state index in [-0.39, 0.29) is 166 Å². The first-order valence-electron chi connectivity index (χ1n) is 46.6. The molecular formula is C91H141N11O36. The van der Waals surface area contributed by atoms with Crippen LogP contribution in [0.5, 0.6) is 0 Å². The molecule has 16 atom stereocenters. The minimum absolute atomic E-state index is 0.00201. The van der Waals surface area contributed by atoms with Gasteiger partial charge >= 0.3 is 59.7 Å². The van der Waals surface area contributed by atoms with Gasteiger partial charge in [-0.1, -0.05) is 49.6 Å². The third-order valence-electron chi connectivity index (χ3n) is 20.9. The van der Waals surface area contributed by atoms with Crippen molar-refractivity contribution in [3.05, 3.63) is 35.9 Å².